The van der Waals surface area contributed by atoms with Crippen LogP contribution in [0.4, 0.5) is 0 Å². The smallest absolute Gasteiger partial charge is 0.0237 e. The average molecular weight is 264 g/mol. The summed E-state index contributed by atoms with van der Waals surface area (Å²) in [4.78, 5) is 0. The van der Waals surface area contributed by atoms with Crippen LogP contribution in [0.15, 0.2) is 78.9 Å². The molecule has 1 heteroatoms. The van der Waals surface area contributed by atoms with Crippen LogP contribution in [-0.2, 0) is 0 Å². The largest absolute Gasteiger partial charge is 0.0727 e. The zero-order valence-corrected chi connectivity index (χ0v) is 11.9. The van der Waals surface area contributed by atoms with Crippen molar-refractivity contribution in [3.8, 4) is 0 Å². The topological polar surface area (TPSA) is 0 Å². The van der Waals surface area contributed by atoms with E-state index in [1.165, 1.54) is 16.2 Å². The highest BCUT2D eigenvalue weighted by atomic mass is 31.1. The van der Waals surface area contributed by atoms with Crippen LogP contribution in [0.25, 0.3) is 0 Å². The van der Waals surface area contributed by atoms with Gasteiger partial charge in [0.2, 0.25) is 0 Å². The van der Waals surface area contributed by atoms with Crippen LogP contribution in [0, 0.1) is 6.92 Å². The Bertz CT molecular complexity index is 599. The molecule has 0 bridgehead atoms. The van der Waals surface area contributed by atoms with Gasteiger partial charge in [-0.15, -0.1) is 0 Å². The minimum Gasteiger partial charge on any atom is -0.0727 e. The first-order valence-corrected chi connectivity index (χ1v) is 8.02. The van der Waals surface area contributed by atoms with E-state index in [1.807, 2.05) is 0 Å². The standard InChI is InChI=1S/C18H17P/c1-15-9-5-8-14-18(15)19(17-12-6-7-13-17)16-10-3-2-4-11-16/h2-14,17H,1H3. The van der Waals surface area contributed by atoms with Crippen LogP contribution in [0.5, 0.6) is 0 Å². The molecule has 1 aliphatic rings. The summed E-state index contributed by atoms with van der Waals surface area (Å²) in [6.07, 6.45) is 8.98. The first kappa shape index (κ1) is 12.4. The fraction of sp³-hybridized carbons (Fsp3) is 0.111. The van der Waals surface area contributed by atoms with E-state index in [0.29, 0.717) is 5.66 Å². The van der Waals surface area contributed by atoms with Gasteiger partial charge in [0.05, 0.1) is 0 Å². The van der Waals surface area contributed by atoms with Crippen LogP contribution in [0.2, 0.25) is 0 Å². The Labute approximate surface area is 116 Å². The van der Waals surface area contributed by atoms with Gasteiger partial charge in [0.25, 0.3) is 0 Å². The van der Waals surface area contributed by atoms with Crippen LogP contribution in [0.3, 0.4) is 0 Å². The quantitative estimate of drug-likeness (QED) is 0.737. The molecule has 0 amide bonds. The summed E-state index contributed by atoms with van der Waals surface area (Å²) in [5, 5.41) is 2.94. The number of allylic oxidation sites excluding steroid dienone is 4. The van der Waals surface area contributed by atoms with Gasteiger partial charge in [-0.25, -0.2) is 0 Å². The minimum absolute atomic E-state index is 0.346. The molecule has 3 rings (SSSR count). The van der Waals surface area contributed by atoms with Crippen molar-refractivity contribution in [2.45, 2.75) is 12.6 Å². The van der Waals surface area contributed by atoms with Crippen LogP contribution < -0.4 is 10.6 Å². The van der Waals surface area contributed by atoms with Crippen molar-refractivity contribution in [2.24, 2.45) is 0 Å². The maximum absolute atomic E-state index is 2.32. The molecule has 94 valence electrons. The minimum atomic E-state index is -0.346. The molecule has 0 nitrogen and oxygen atoms in total. The molecule has 2 aromatic carbocycles. The van der Waals surface area contributed by atoms with Crippen molar-refractivity contribution in [1.82, 2.24) is 0 Å². The second-order valence-corrected chi connectivity index (χ2v) is 7.09. The van der Waals surface area contributed by atoms with Crippen LogP contribution in [0.1, 0.15) is 5.56 Å². The van der Waals surface area contributed by atoms with Crippen LogP contribution >= 0.6 is 7.92 Å². The van der Waals surface area contributed by atoms with E-state index in [2.05, 4.69) is 85.8 Å². The number of benzene rings is 2. The molecule has 0 N–H and O–H groups in total. The van der Waals surface area contributed by atoms with Gasteiger partial charge >= 0.3 is 0 Å². The lowest BCUT2D eigenvalue weighted by Gasteiger charge is -2.24. The fourth-order valence-corrected chi connectivity index (χ4v) is 5.17. The summed E-state index contributed by atoms with van der Waals surface area (Å²) < 4.78 is 0. The van der Waals surface area contributed by atoms with Crippen molar-refractivity contribution in [2.75, 3.05) is 0 Å². The van der Waals surface area contributed by atoms with Crippen molar-refractivity contribution in [1.29, 1.82) is 0 Å². The molecule has 0 radical (unpaired) electrons. The third kappa shape index (κ3) is 2.55. The van der Waals surface area contributed by atoms with Gasteiger partial charge in [-0.05, 0) is 31.0 Å². The number of aryl methyl sites for hydroxylation is 1. The fourth-order valence-electron chi connectivity index (χ4n) is 2.49. The van der Waals surface area contributed by atoms with E-state index in [0.717, 1.165) is 0 Å². The molecule has 0 aromatic heterocycles. The number of hydrogen-bond donors (Lipinski definition) is 0. The lowest BCUT2D eigenvalue weighted by Crippen LogP contribution is -2.20. The van der Waals surface area contributed by atoms with Crippen molar-refractivity contribution < 1.29 is 0 Å². The monoisotopic (exact) mass is 264 g/mol. The summed E-state index contributed by atoms with van der Waals surface area (Å²) in [6.45, 7) is 2.22. The van der Waals surface area contributed by atoms with E-state index >= 15 is 0 Å². The summed E-state index contributed by atoms with van der Waals surface area (Å²) in [7, 11) is -0.346. The highest BCUT2D eigenvalue weighted by molar-refractivity contribution is 7.74. The predicted molar refractivity (Wildman–Crippen MR) is 85.9 cm³/mol. The van der Waals surface area contributed by atoms with Gasteiger partial charge in [-0.3, -0.25) is 0 Å². The summed E-state index contributed by atoms with van der Waals surface area (Å²) in [5.41, 5.74) is 1.92. The molecule has 0 spiro atoms. The Morgan fingerprint density at radius 3 is 2.11 bits per heavy atom. The molecule has 1 atom stereocenters. The molecule has 2 aromatic rings. The van der Waals surface area contributed by atoms with Gasteiger partial charge in [-0.2, -0.15) is 0 Å². The molecule has 0 aliphatic heterocycles. The summed E-state index contributed by atoms with van der Waals surface area (Å²) in [5.74, 6) is 0. The van der Waals surface area contributed by atoms with E-state index < -0.39 is 0 Å². The zero-order chi connectivity index (χ0) is 13.1. The van der Waals surface area contributed by atoms with Crippen molar-refractivity contribution >= 4 is 18.5 Å². The zero-order valence-electron chi connectivity index (χ0n) is 11.0. The lowest BCUT2D eigenvalue weighted by atomic mass is 10.2. The third-order valence-corrected chi connectivity index (χ3v) is 6.25. The number of hydrogen-bond acceptors (Lipinski definition) is 0. The maximum Gasteiger partial charge on any atom is 0.0237 e. The lowest BCUT2D eigenvalue weighted by molar-refractivity contribution is 1.43. The van der Waals surface area contributed by atoms with Gasteiger partial charge in [0, 0.05) is 5.66 Å². The van der Waals surface area contributed by atoms with Crippen molar-refractivity contribution in [3.63, 3.8) is 0 Å². The molecule has 0 heterocycles. The van der Waals surface area contributed by atoms with Gasteiger partial charge in [0.1, 0.15) is 0 Å². The Balaban J connectivity index is 2.10. The summed E-state index contributed by atoms with van der Waals surface area (Å²) in [6, 6.07) is 19.7. The van der Waals surface area contributed by atoms with Gasteiger partial charge in [0.15, 0.2) is 0 Å². The second-order valence-electron chi connectivity index (χ2n) is 4.75. The predicted octanol–water partition coefficient (Wildman–Crippen LogP) is 3.92. The molecule has 1 unspecified atom stereocenters. The normalized spacial score (nSPS) is 15.8. The van der Waals surface area contributed by atoms with Gasteiger partial charge < -0.3 is 0 Å². The molecule has 1 aliphatic carbocycles. The molecule has 0 fully saturated rings. The Hall–Kier alpha value is -1.65. The average Bonchev–Trinajstić information content (AvgIpc) is 2.96. The second kappa shape index (κ2) is 5.55. The molecule has 0 saturated carbocycles. The third-order valence-electron chi connectivity index (χ3n) is 3.44. The Kier molecular flexibility index (Phi) is 3.62. The van der Waals surface area contributed by atoms with Crippen molar-refractivity contribution in [3.05, 3.63) is 84.5 Å². The first-order chi connectivity index (χ1) is 9.36. The SMILES string of the molecule is Cc1ccccc1P(c1ccccc1)C1C=CC=C1. The highest BCUT2D eigenvalue weighted by Gasteiger charge is 2.22. The van der Waals surface area contributed by atoms with E-state index in [9.17, 15) is 0 Å². The summed E-state index contributed by atoms with van der Waals surface area (Å²) >= 11 is 0. The molecule has 0 saturated heterocycles. The molecular weight excluding hydrogens is 247 g/mol. The molecular formula is C18H17P. The Morgan fingerprint density at radius 2 is 1.42 bits per heavy atom. The van der Waals surface area contributed by atoms with E-state index in [1.54, 1.807) is 0 Å². The number of rotatable bonds is 3. The van der Waals surface area contributed by atoms with Gasteiger partial charge in [-0.1, -0.05) is 78.9 Å². The van der Waals surface area contributed by atoms with E-state index in [4.69, 9.17) is 0 Å². The van der Waals surface area contributed by atoms with Crippen LogP contribution in [-0.4, -0.2) is 5.66 Å². The highest BCUT2D eigenvalue weighted by Crippen LogP contribution is 2.43. The van der Waals surface area contributed by atoms with E-state index in [-0.39, 0.29) is 7.92 Å². The maximum atomic E-state index is 2.32. The Morgan fingerprint density at radius 1 is 0.789 bits per heavy atom. The first-order valence-electron chi connectivity index (χ1n) is 6.61. The molecule has 19 heavy (non-hydrogen) atoms.